The minimum atomic E-state index is 0.636. The minimum absolute atomic E-state index is 0.636. The highest BCUT2D eigenvalue weighted by Gasteiger charge is 2.06. The lowest BCUT2D eigenvalue weighted by Crippen LogP contribution is -2.10. The van der Waals surface area contributed by atoms with Crippen molar-refractivity contribution in [3.63, 3.8) is 0 Å². The Labute approximate surface area is 171 Å². The van der Waals surface area contributed by atoms with Crippen LogP contribution in [-0.2, 0) is 6.42 Å². The first kappa shape index (κ1) is 18.8. The van der Waals surface area contributed by atoms with Gasteiger partial charge in [0.15, 0.2) is 0 Å². The fourth-order valence-corrected chi connectivity index (χ4v) is 3.35. The molecule has 0 unspecified atom stereocenters. The molecule has 0 aliphatic heterocycles. The molecule has 6 nitrogen and oxygen atoms in total. The van der Waals surface area contributed by atoms with Crippen molar-refractivity contribution < 1.29 is 0 Å². The van der Waals surface area contributed by atoms with Gasteiger partial charge in [0.1, 0.15) is 5.82 Å². The topological polar surface area (TPSA) is 68.9 Å². The first-order valence-electron chi connectivity index (χ1n) is 9.77. The predicted molar refractivity (Wildman–Crippen MR) is 121 cm³/mol. The van der Waals surface area contributed by atoms with E-state index in [1.54, 1.807) is 0 Å². The number of benzene rings is 2. The van der Waals surface area contributed by atoms with E-state index in [4.69, 9.17) is 0 Å². The van der Waals surface area contributed by atoms with Gasteiger partial charge in [-0.2, -0.15) is 4.98 Å². The summed E-state index contributed by atoms with van der Waals surface area (Å²) >= 11 is 0. The number of anilines is 4. The van der Waals surface area contributed by atoms with Crippen LogP contribution in [0.4, 0.5) is 23.1 Å². The normalized spacial score (nSPS) is 10.9. The second-order valence-electron chi connectivity index (χ2n) is 7.32. The Morgan fingerprint density at radius 3 is 2.59 bits per heavy atom. The van der Waals surface area contributed by atoms with Crippen LogP contribution in [0.5, 0.6) is 0 Å². The van der Waals surface area contributed by atoms with Crippen molar-refractivity contribution in [2.45, 2.75) is 13.3 Å². The monoisotopic (exact) mass is 386 g/mol. The number of aryl methyl sites for hydroxylation is 1. The van der Waals surface area contributed by atoms with E-state index in [1.165, 1.54) is 16.5 Å². The van der Waals surface area contributed by atoms with E-state index in [9.17, 15) is 0 Å². The van der Waals surface area contributed by atoms with Gasteiger partial charge in [-0.1, -0.05) is 18.2 Å². The van der Waals surface area contributed by atoms with Gasteiger partial charge in [0.25, 0.3) is 0 Å². The van der Waals surface area contributed by atoms with Gasteiger partial charge in [-0.05, 0) is 49.2 Å². The molecule has 6 heteroatoms. The summed E-state index contributed by atoms with van der Waals surface area (Å²) in [5, 5.41) is 7.99. The molecule has 29 heavy (non-hydrogen) atoms. The number of nitrogens with one attached hydrogen (secondary N) is 3. The summed E-state index contributed by atoms with van der Waals surface area (Å²) in [5.41, 5.74) is 5.54. The molecule has 0 amide bonds. The highest BCUT2D eigenvalue weighted by atomic mass is 15.1. The van der Waals surface area contributed by atoms with Crippen LogP contribution >= 0.6 is 0 Å². The number of hydrogen-bond acceptors (Lipinski definition) is 5. The number of hydrogen-bond donors (Lipinski definition) is 3. The zero-order valence-electron chi connectivity index (χ0n) is 17.0. The fourth-order valence-electron chi connectivity index (χ4n) is 3.35. The second kappa shape index (κ2) is 8.22. The molecule has 0 saturated carbocycles. The van der Waals surface area contributed by atoms with E-state index < -0.39 is 0 Å². The highest BCUT2D eigenvalue weighted by Crippen LogP contribution is 2.21. The van der Waals surface area contributed by atoms with Gasteiger partial charge in [0, 0.05) is 60.9 Å². The van der Waals surface area contributed by atoms with Crippen molar-refractivity contribution in [2.24, 2.45) is 0 Å². The molecule has 4 aromatic rings. The lowest BCUT2D eigenvalue weighted by Gasteiger charge is -2.14. The summed E-state index contributed by atoms with van der Waals surface area (Å²) in [4.78, 5) is 14.5. The summed E-state index contributed by atoms with van der Waals surface area (Å²) in [5.74, 6) is 1.42. The van der Waals surface area contributed by atoms with Crippen molar-refractivity contribution in [3.8, 4) is 0 Å². The molecule has 2 heterocycles. The van der Waals surface area contributed by atoms with Gasteiger partial charge >= 0.3 is 0 Å². The van der Waals surface area contributed by atoms with Gasteiger partial charge < -0.3 is 20.5 Å². The molecule has 0 atom stereocenters. The van der Waals surface area contributed by atoms with Gasteiger partial charge in [0.2, 0.25) is 5.95 Å². The number of nitrogens with zero attached hydrogens (tertiary/aromatic N) is 3. The van der Waals surface area contributed by atoms with Gasteiger partial charge in [-0.25, -0.2) is 4.98 Å². The van der Waals surface area contributed by atoms with E-state index in [0.29, 0.717) is 5.95 Å². The van der Waals surface area contributed by atoms with E-state index in [1.807, 2.05) is 33.2 Å². The number of para-hydroxylation sites is 1. The van der Waals surface area contributed by atoms with Crippen LogP contribution in [0.3, 0.4) is 0 Å². The lowest BCUT2D eigenvalue weighted by molar-refractivity contribution is 0.981. The third-order valence-electron chi connectivity index (χ3n) is 4.86. The summed E-state index contributed by atoms with van der Waals surface area (Å²) in [7, 11) is 4.06. The summed E-state index contributed by atoms with van der Waals surface area (Å²) in [6.45, 7) is 2.75. The van der Waals surface area contributed by atoms with E-state index in [2.05, 4.69) is 79.1 Å². The zero-order valence-corrected chi connectivity index (χ0v) is 17.0. The fraction of sp³-hybridized carbons (Fsp3) is 0.217. The SMILES string of the molecule is Cc1cc(Nc2ccc(N(C)C)cc2)nc(NCCc2c[nH]c3ccccc23)n1. The Balaban J connectivity index is 1.41. The minimum Gasteiger partial charge on any atom is -0.378 e. The van der Waals surface area contributed by atoms with Gasteiger partial charge in [-0.3, -0.25) is 0 Å². The summed E-state index contributed by atoms with van der Waals surface area (Å²) in [6, 6.07) is 18.6. The van der Waals surface area contributed by atoms with E-state index >= 15 is 0 Å². The van der Waals surface area contributed by atoms with Crippen LogP contribution in [0, 0.1) is 6.92 Å². The van der Waals surface area contributed by atoms with Gasteiger partial charge in [-0.15, -0.1) is 0 Å². The maximum Gasteiger partial charge on any atom is 0.224 e. The molecule has 0 aliphatic rings. The lowest BCUT2D eigenvalue weighted by atomic mass is 10.1. The number of aromatic amines is 1. The molecule has 0 bridgehead atoms. The summed E-state index contributed by atoms with van der Waals surface area (Å²) < 4.78 is 0. The van der Waals surface area contributed by atoms with Crippen molar-refractivity contribution >= 4 is 34.0 Å². The predicted octanol–water partition coefficient (Wildman–Crippen LogP) is 4.73. The van der Waals surface area contributed by atoms with Crippen LogP contribution in [-0.4, -0.2) is 35.6 Å². The quantitative estimate of drug-likeness (QED) is 0.428. The molecule has 0 radical (unpaired) electrons. The molecule has 2 aromatic carbocycles. The number of fused-ring (bicyclic) bond motifs is 1. The zero-order chi connectivity index (χ0) is 20.2. The first-order chi connectivity index (χ1) is 14.1. The van der Waals surface area contributed by atoms with Crippen LogP contribution in [0.25, 0.3) is 10.9 Å². The largest absolute Gasteiger partial charge is 0.378 e. The highest BCUT2D eigenvalue weighted by molar-refractivity contribution is 5.83. The van der Waals surface area contributed by atoms with Crippen molar-refractivity contribution in [3.05, 3.63) is 72.1 Å². The molecular formula is C23H26N6. The molecule has 4 rings (SSSR count). The Morgan fingerprint density at radius 1 is 1.00 bits per heavy atom. The molecule has 148 valence electrons. The maximum absolute atomic E-state index is 4.62. The van der Waals surface area contributed by atoms with E-state index in [-0.39, 0.29) is 0 Å². The molecular weight excluding hydrogens is 360 g/mol. The van der Waals surface area contributed by atoms with Crippen LogP contribution in [0.15, 0.2) is 60.8 Å². The van der Waals surface area contributed by atoms with Crippen LogP contribution < -0.4 is 15.5 Å². The molecule has 0 aliphatic carbocycles. The molecule has 0 spiro atoms. The molecule has 2 aromatic heterocycles. The maximum atomic E-state index is 4.62. The standard InChI is InChI=1S/C23H26N6/c1-16-14-22(27-18-8-10-19(11-9-18)29(2)3)28-23(26-16)24-13-12-17-15-25-21-7-5-4-6-20(17)21/h4-11,14-15,25H,12-13H2,1-3H3,(H2,24,26,27,28). The van der Waals surface area contributed by atoms with Crippen molar-refractivity contribution in [1.29, 1.82) is 0 Å². The number of rotatable bonds is 7. The Kier molecular flexibility index (Phi) is 5.33. The molecule has 3 N–H and O–H groups in total. The second-order valence-corrected chi connectivity index (χ2v) is 7.32. The summed E-state index contributed by atoms with van der Waals surface area (Å²) in [6.07, 6.45) is 2.98. The number of aromatic nitrogens is 3. The Morgan fingerprint density at radius 2 is 1.79 bits per heavy atom. The molecule has 0 saturated heterocycles. The van der Waals surface area contributed by atoms with Crippen molar-refractivity contribution in [2.75, 3.05) is 36.2 Å². The molecule has 0 fully saturated rings. The van der Waals surface area contributed by atoms with E-state index in [0.717, 1.165) is 35.9 Å². The van der Waals surface area contributed by atoms with Crippen molar-refractivity contribution in [1.82, 2.24) is 15.0 Å². The van der Waals surface area contributed by atoms with Gasteiger partial charge in [0.05, 0.1) is 0 Å². The Bertz CT molecular complexity index is 1100. The van der Waals surface area contributed by atoms with Crippen LogP contribution in [0.1, 0.15) is 11.3 Å². The average molecular weight is 387 g/mol. The Hall–Kier alpha value is -3.54. The smallest absolute Gasteiger partial charge is 0.224 e. The van der Waals surface area contributed by atoms with Crippen LogP contribution in [0.2, 0.25) is 0 Å². The first-order valence-corrected chi connectivity index (χ1v) is 9.77. The average Bonchev–Trinajstić information content (AvgIpc) is 3.11. The number of H-pyrrole nitrogens is 1. The third kappa shape index (κ3) is 4.48. The third-order valence-corrected chi connectivity index (χ3v) is 4.86.